The molecule has 0 spiro atoms. The maximum absolute atomic E-state index is 11.4. The summed E-state index contributed by atoms with van der Waals surface area (Å²) in [5, 5.41) is 27.5. The summed E-state index contributed by atoms with van der Waals surface area (Å²) in [5.74, 6) is -2.72. The van der Waals surface area contributed by atoms with Crippen molar-refractivity contribution in [3.05, 3.63) is 59.2 Å². The van der Waals surface area contributed by atoms with Gasteiger partial charge in [-0.05, 0) is 17.7 Å². The second-order valence-electron chi connectivity index (χ2n) is 4.00. The molecule has 0 aromatic heterocycles. The summed E-state index contributed by atoms with van der Waals surface area (Å²) in [7, 11) is 0. The third-order valence-electron chi connectivity index (χ3n) is 2.83. The van der Waals surface area contributed by atoms with Crippen molar-refractivity contribution in [1.29, 1.82) is 5.26 Å². The number of nitrogens with zero attached hydrogens (tertiary/aromatic N) is 1. The van der Waals surface area contributed by atoms with Gasteiger partial charge in [-0.25, -0.2) is 9.59 Å². The molecule has 0 bridgehead atoms. The van der Waals surface area contributed by atoms with E-state index in [2.05, 4.69) is 0 Å². The SMILES string of the molecule is N#Cc1ccc(C(=O)O)c(C(=O)O)c1-c1ccccc1. The summed E-state index contributed by atoms with van der Waals surface area (Å²) in [5.41, 5.74) is 0.0294. The zero-order valence-corrected chi connectivity index (χ0v) is 10.2. The summed E-state index contributed by atoms with van der Waals surface area (Å²) in [6, 6.07) is 12.7. The molecule has 0 amide bonds. The van der Waals surface area contributed by atoms with Gasteiger partial charge >= 0.3 is 11.9 Å². The number of benzene rings is 2. The lowest BCUT2D eigenvalue weighted by molar-refractivity contribution is 0.0652. The van der Waals surface area contributed by atoms with Gasteiger partial charge in [0.15, 0.2) is 0 Å². The highest BCUT2D eigenvalue weighted by molar-refractivity contribution is 6.07. The molecule has 20 heavy (non-hydrogen) atoms. The van der Waals surface area contributed by atoms with Gasteiger partial charge in [-0.3, -0.25) is 0 Å². The topological polar surface area (TPSA) is 98.4 Å². The van der Waals surface area contributed by atoms with Crippen molar-refractivity contribution in [1.82, 2.24) is 0 Å². The predicted octanol–water partition coefficient (Wildman–Crippen LogP) is 2.62. The summed E-state index contributed by atoms with van der Waals surface area (Å²) in [6.07, 6.45) is 0. The summed E-state index contributed by atoms with van der Waals surface area (Å²) >= 11 is 0. The lowest BCUT2D eigenvalue weighted by Gasteiger charge is -2.11. The van der Waals surface area contributed by atoms with E-state index in [9.17, 15) is 14.7 Å². The average Bonchev–Trinajstić information content (AvgIpc) is 2.46. The minimum absolute atomic E-state index is 0.124. The number of rotatable bonds is 3. The van der Waals surface area contributed by atoms with E-state index in [0.29, 0.717) is 5.56 Å². The van der Waals surface area contributed by atoms with Gasteiger partial charge in [0, 0.05) is 5.56 Å². The molecule has 2 rings (SSSR count). The van der Waals surface area contributed by atoms with E-state index >= 15 is 0 Å². The highest BCUT2D eigenvalue weighted by Crippen LogP contribution is 2.30. The minimum atomic E-state index is -1.38. The number of nitriles is 1. The Hall–Kier alpha value is -3.13. The number of aromatic carboxylic acids is 2. The van der Waals surface area contributed by atoms with E-state index in [1.54, 1.807) is 30.3 Å². The number of carbonyl (C=O) groups is 2. The Labute approximate surface area is 114 Å². The molecular weight excluding hydrogens is 258 g/mol. The molecule has 0 aliphatic carbocycles. The Morgan fingerprint density at radius 1 is 0.950 bits per heavy atom. The van der Waals surface area contributed by atoms with Gasteiger partial charge in [0.05, 0.1) is 22.8 Å². The normalized spacial score (nSPS) is 9.75. The Balaban J connectivity index is 2.89. The van der Waals surface area contributed by atoms with Crippen LogP contribution >= 0.6 is 0 Å². The van der Waals surface area contributed by atoms with Crippen LogP contribution in [0.2, 0.25) is 0 Å². The Morgan fingerprint density at radius 2 is 1.60 bits per heavy atom. The molecule has 0 saturated heterocycles. The first-order valence-corrected chi connectivity index (χ1v) is 5.65. The molecule has 0 saturated carbocycles. The van der Waals surface area contributed by atoms with Gasteiger partial charge in [0.25, 0.3) is 0 Å². The zero-order valence-electron chi connectivity index (χ0n) is 10.2. The Kier molecular flexibility index (Phi) is 3.49. The van der Waals surface area contributed by atoms with Crippen LogP contribution in [0.1, 0.15) is 26.3 Å². The molecular formula is C15H9NO4. The molecule has 98 valence electrons. The fraction of sp³-hybridized carbons (Fsp3) is 0. The molecule has 0 unspecified atom stereocenters. The first-order valence-electron chi connectivity index (χ1n) is 5.65. The van der Waals surface area contributed by atoms with Crippen LogP contribution in [-0.2, 0) is 0 Å². The number of hydrogen-bond acceptors (Lipinski definition) is 3. The number of carboxylic acids is 2. The zero-order chi connectivity index (χ0) is 14.7. The van der Waals surface area contributed by atoms with E-state index in [0.717, 1.165) is 6.07 Å². The molecule has 0 atom stereocenters. The Morgan fingerprint density at radius 3 is 2.10 bits per heavy atom. The highest BCUT2D eigenvalue weighted by Gasteiger charge is 2.23. The molecule has 2 N–H and O–H groups in total. The molecule has 2 aromatic rings. The van der Waals surface area contributed by atoms with Gasteiger partial charge in [0.1, 0.15) is 0 Å². The average molecular weight is 267 g/mol. The van der Waals surface area contributed by atoms with Crippen molar-refractivity contribution in [2.45, 2.75) is 0 Å². The first kappa shape index (κ1) is 13.3. The largest absolute Gasteiger partial charge is 0.478 e. The van der Waals surface area contributed by atoms with E-state index in [-0.39, 0.29) is 22.3 Å². The van der Waals surface area contributed by atoms with Gasteiger partial charge in [-0.1, -0.05) is 30.3 Å². The van der Waals surface area contributed by atoms with Crippen LogP contribution in [0.15, 0.2) is 42.5 Å². The smallest absolute Gasteiger partial charge is 0.337 e. The van der Waals surface area contributed by atoms with Crippen molar-refractivity contribution in [2.75, 3.05) is 0 Å². The summed E-state index contributed by atoms with van der Waals surface area (Å²) in [4.78, 5) is 22.6. The number of hydrogen-bond donors (Lipinski definition) is 2. The van der Waals surface area contributed by atoms with Crippen molar-refractivity contribution in [3.63, 3.8) is 0 Å². The van der Waals surface area contributed by atoms with E-state index in [4.69, 9.17) is 10.4 Å². The lowest BCUT2D eigenvalue weighted by Crippen LogP contribution is -2.11. The molecule has 5 nitrogen and oxygen atoms in total. The number of carboxylic acid groups (broad SMARTS) is 2. The van der Waals surface area contributed by atoms with Gasteiger partial charge in [-0.15, -0.1) is 0 Å². The maximum atomic E-state index is 11.4. The van der Waals surface area contributed by atoms with Crippen LogP contribution in [-0.4, -0.2) is 22.2 Å². The lowest BCUT2D eigenvalue weighted by atomic mass is 9.91. The standard InChI is InChI=1S/C15H9NO4/c16-8-10-6-7-11(14(17)18)13(15(19)20)12(10)9-4-2-1-3-5-9/h1-7H,(H,17,18)(H,19,20). The third kappa shape index (κ3) is 2.22. The van der Waals surface area contributed by atoms with Gasteiger partial charge in [0.2, 0.25) is 0 Å². The van der Waals surface area contributed by atoms with Crippen LogP contribution in [0.3, 0.4) is 0 Å². The second-order valence-corrected chi connectivity index (χ2v) is 4.00. The van der Waals surface area contributed by atoms with Crippen LogP contribution < -0.4 is 0 Å². The van der Waals surface area contributed by atoms with Gasteiger partial charge in [-0.2, -0.15) is 5.26 Å². The molecule has 0 heterocycles. The third-order valence-corrected chi connectivity index (χ3v) is 2.83. The van der Waals surface area contributed by atoms with Crippen molar-refractivity contribution in [3.8, 4) is 17.2 Å². The molecule has 0 aliphatic rings. The van der Waals surface area contributed by atoms with Crippen LogP contribution in [0, 0.1) is 11.3 Å². The first-order chi connectivity index (χ1) is 9.56. The second kappa shape index (κ2) is 5.24. The van der Waals surface area contributed by atoms with Crippen LogP contribution in [0.4, 0.5) is 0 Å². The van der Waals surface area contributed by atoms with E-state index in [1.165, 1.54) is 6.07 Å². The quantitative estimate of drug-likeness (QED) is 0.890. The molecule has 5 heteroatoms. The van der Waals surface area contributed by atoms with Crippen molar-refractivity contribution >= 4 is 11.9 Å². The van der Waals surface area contributed by atoms with E-state index < -0.39 is 11.9 Å². The van der Waals surface area contributed by atoms with Gasteiger partial charge < -0.3 is 10.2 Å². The van der Waals surface area contributed by atoms with Crippen LogP contribution in [0.25, 0.3) is 11.1 Å². The predicted molar refractivity (Wildman–Crippen MR) is 70.5 cm³/mol. The monoisotopic (exact) mass is 267 g/mol. The molecule has 0 aliphatic heterocycles. The maximum Gasteiger partial charge on any atom is 0.337 e. The Bertz CT molecular complexity index is 730. The molecule has 2 aromatic carbocycles. The summed E-state index contributed by atoms with van der Waals surface area (Å²) in [6.45, 7) is 0. The van der Waals surface area contributed by atoms with Crippen molar-refractivity contribution in [2.24, 2.45) is 0 Å². The van der Waals surface area contributed by atoms with Crippen LogP contribution in [0.5, 0.6) is 0 Å². The fourth-order valence-corrected chi connectivity index (χ4v) is 2.00. The summed E-state index contributed by atoms with van der Waals surface area (Å²) < 4.78 is 0. The minimum Gasteiger partial charge on any atom is -0.478 e. The highest BCUT2D eigenvalue weighted by atomic mass is 16.4. The molecule has 0 fully saturated rings. The van der Waals surface area contributed by atoms with E-state index in [1.807, 2.05) is 6.07 Å². The molecule has 0 radical (unpaired) electrons. The fourth-order valence-electron chi connectivity index (χ4n) is 2.00. The van der Waals surface area contributed by atoms with Crippen molar-refractivity contribution < 1.29 is 19.8 Å².